The lowest BCUT2D eigenvalue weighted by atomic mass is 9.96. The van der Waals surface area contributed by atoms with Crippen molar-refractivity contribution >= 4 is 65.9 Å². The van der Waals surface area contributed by atoms with Crippen LogP contribution >= 0.6 is 11.6 Å². The minimum absolute atomic E-state index is 0.330. The Bertz CT molecular complexity index is 2270. The fourth-order valence-corrected chi connectivity index (χ4v) is 6.17. The Labute approximate surface area is 269 Å². The Morgan fingerprint density at radius 3 is 1.46 bits per heavy atom. The molecule has 220 valence electrons. The van der Waals surface area contributed by atoms with Crippen LogP contribution in [-0.2, 0) is 0 Å². The molecule has 0 aliphatic carbocycles. The number of aromatic carboxylic acids is 1. The number of halogens is 1. The highest BCUT2D eigenvalue weighted by molar-refractivity contribution is 6.68. The van der Waals surface area contributed by atoms with Gasteiger partial charge in [0.1, 0.15) is 0 Å². The van der Waals surface area contributed by atoms with Crippen molar-refractivity contribution < 1.29 is 14.7 Å². The first-order valence-electron chi connectivity index (χ1n) is 14.6. The lowest BCUT2D eigenvalue weighted by Gasteiger charge is -2.09. The number of benzene rings is 6. The van der Waals surface area contributed by atoms with E-state index in [0.29, 0.717) is 11.1 Å². The summed E-state index contributed by atoms with van der Waals surface area (Å²) in [5, 5.41) is 16.9. The number of carboxylic acid groups (broad SMARTS) is 1. The van der Waals surface area contributed by atoms with E-state index < -0.39 is 11.2 Å². The summed E-state index contributed by atoms with van der Waals surface area (Å²) >= 11 is 5.67. The molecule has 6 aromatic carbocycles. The molecule has 5 nitrogen and oxygen atoms in total. The normalized spacial score (nSPS) is 11.0. The van der Waals surface area contributed by atoms with E-state index in [4.69, 9.17) is 11.6 Å². The number of nitrogens with zero attached hydrogens (tertiary/aromatic N) is 2. The standard InChI is InChI=1S/C20H12ClNO.C20H13NO2/c21-20(23)19-6-1-3-13-11-14(7-8-17(13)19)16-5-2-4-15-12-22-10-9-18(15)16;22-20(23)19-6-1-3-13-11-14(7-8-17(13)19)16-5-2-4-15-12-21-10-9-18(15)16/h1-12H;1-12H,(H,22,23). The van der Waals surface area contributed by atoms with Gasteiger partial charge in [-0.3, -0.25) is 14.8 Å². The largest absolute Gasteiger partial charge is 0.478 e. The van der Waals surface area contributed by atoms with Crippen molar-refractivity contribution in [2.45, 2.75) is 0 Å². The van der Waals surface area contributed by atoms with Crippen LogP contribution in [0.4, 0.5) is 0 Å². The summed E-state index contributed by atoms with van der Waals surface area (Å²) in [7, 11) is 0. The van der Waals surface area contributed by atoms with E-state index in [1.165, 1.54) is 0 Å². The smallest absolute Gasteiger partial charge is 0.336 e. The predicted molar refractivity (Wildman–Crippen MR) is 187 cm³/mol. The zero-order valence-electron chi connectivity index (χ0n) is 24.4. The number of fused-ring (bicyclic) bond motifs is 4. The van der Waals surface area contributed by atoms with Crippen molar-refractivity contribution in [3.05, 3.63) is 157 Å². The summed E-state index contributed by atoms with van der Waals surface area (Å²) in [6, 6.07) is 39.3. The lowest BCUT2D eigenvalue weighted by Crippen LogP contribution is -1.97. The lowest BCUT2D eigenvalue weighted by molar-refractivity contribution is 0.0699. The molecule has 6 heteroatoms. The number of hydrogen-bond donors (Lipinski definition) is 1. The van der Waals surface area contributed by atoms with E-state index in [0.717, 1.165) is 65.3 Å². The Morgan fingerprint density at radius 1 is 0.500 bits per heavy atom. The third kappa shape index (κ3) is 5.45. The molecule has 0 saturated heterocycles. The molecule has 0 saturated carbocycles. The Hall–Kier alpha value is -5.91. The molecule has 0 fully saturated rings. The van der Waals surface area contributed by atoms with Crippen LogP contribution in [0.25, 0.3) is 65.3 Å². The number of carboxylic acids is 1. The molecule has 0 spiro atoms. The fraction of sp³-hybridized carbons (Fsp3) is 0. The van der Waals surface area contributed by atoms with E-state index in [1.807, 2.05) is 91.3 Å². The van der Waals surface area contributed by atoms with Crippen molar-refractivity contribution in [2.24, 2.45) is 0 Å². The molecule has 1 N–H and O–H groups in total. The molecular formula is C40H25ClN2O3. The average Bonchev–Trinajstić information content (AvgIpc) is 3.10. The van der Waals surface area contributed by atoms with E-state index >= 15 is 0 Å². The maximum absolute atomic E-state index is 11.5. The van der Waals surface area contributed by atoms with Crippen LogP contribution in [-0.4, -0.2) is 26.3 Å². The first-order valence-corrected chi connectivity index (χ1v) is 15.0. The van der Waals surface area contributed by atoms with Crippen LogP contribution in [0.3, 0.4) is 0 Å². The molecule has 0 unspecified atom stereocenters. The van der Waals surface area contributed by atoms with Gasteiger partial charge in [0.15, 0.2) is 0 Å². The van der Waals surface area contributed by atoms with Gasteiger partial charge in [-0.25, -0.2) is 4.79 Å². The van der Waals surface area contributed by atoms with Gasteiger partial charge in [0.05, 0.1) is 5.56 Å². The van der Waals surface area contributed by atoms with Gasteiger partial charge >= 0.3 is 5.97 Å². The molecule has 0 aliphatic heterocycles. The molecule has 8 aromatic rings. The van der Waals surface area contributed by atoms with Gasteiger partial charge in [0.2, 0.25) is 0 Å². The zero-order chi connectivity index (χ0) is 31.6. The molecule has 0 radical (unpaired) electrons. The van der Waals surface area contributed by atoms with E-state index in [9.17, 15) is 14.7 Å². The zero-order valence-corrected chi connectivity index (χ0v) is 25.1. The van der Waals surface area contributed by atoms with E-state index in [1.54, 1.807) is 30.6 Å². The van der Waals surface area contributed by atoms with Gasteiger partial charge in [0.25, 0.3) is 5.24 Å². The van der Waals surface area contributed by atoms with Crippen LogP contribution < -0.4 is 0 Å². The monoisotopic (exact) mass is 616 g/mol. The van der Waals surface area contributed by atoms with Crippen LogP contribution in [0.5, 0.6) is 0 Å². The SMILES string of the molecule is O=C(Cl)c1cccc2cc(-c3cccc4cnccc34)ccc12.O=C(O)c1cccc2cc(-c3cccc4cnccc34)ccc12. The van der Waals surface area contributed by atoms with Gasteiger partial charge in [0, 0.05) is 41.1 Å². The minimum Gasteiger partial charge on any atom is -0.478 e. The Morgan fingerprint density at radius 2 is 0.957 bits per heavy atom. The third-order valence-corrected chi connectivity index (χ3v) is 8.39. The summed E-state index contributed by atoms with van der Waals surface area (Å²) in [6.07, 6.45) is 7.30. The number of rotatable bonds is 4. The quantitative estimate of drug-likeness (QED) is 0.199. The number of pyridine rings is 2. The second-order valence-electron chi connectivity index (χ2n) is 10.9. The minimum atomic E-state index is -0.903. The predicted octanol–water partition coefficient (Wildman–Crippen LogP) is 10.2. The van der Waals surface area contributed by atoms with Crippen molar-refractivity contribution in [3.63, 3.8) is 0 Å². The van der Waals surface area contributed by atoms with Crippen molar-refractivity contribution in [1.29, 1.82) is 0 Å². The molecular weight excluding hydrogens is 592 g/mol. The highest BCUT2D eigenvalue weighted by atomic mass is 35.5. The molecule has 0 bridgehead atoms. The maximum Gasteiger partial charge on any atom is 0.336 e. The van der Waals surface area contributed by atoms with Gasteiger partial charge in [-0.15, -0.1) is 0 Å². The van der Waals surface area contributed by atoms with Gasteiger partial charge in [-0.1, -0.05) is 84.9 Å². The highest BCUT2D eigenvalue weighted by Gasteiger charge is 2.11. The Balaban J connectivity index is 0.000000147. The summed E-state index contributed by atoms with van der Waals surface area (Å²) in [5.41, 5.74) is 5.31. The van der Waals surface area contributed by atoms with Gasteiger partial charge in [-0.05, 0) is 103 Å². The first kappa shape index (κ1) is 28.8. The van der Waals surface area contributed by atoms with Gasteiger partial charge < -0.3 is 5.11 Å². The number of carbonyl (C=O) groups is 2. The topological polar surface area (TPSA) is 80.2 Å². The van der Waals surface area contributed by atoms with Crippen molar-refractivity contribution in [3.8, 4) is 22.3 Å². The van der Waals surface area contributed by atoms with Crippen LogP contribution in [0.2, 0.25) is 0 Å². The second kappa shape index (κ2) is 12.2. The second-order valence-corrected chi connectivity index (χ2v) is 11.2. The summed E-state index contributed by atoms with van der Waals surface area (Å²) in [4.78, 5) is 31.2. The fourth-order valence-electron chi connectivity index (χ4n) is 6.01. The highest BCUT2D eigenvalue weighted by Crippen LogP contribution is 2.33. The molecule has 2 aromatic heterocycles. The summed E-state index contributed by atoms with van der Waals surface area (Å²) < 4.78 is 0. The Kier molecular flexibility index (Phi) is 7.67. The van der Waals surface area contributed by atoms with Crippen molar-refractivity contribution in [1.82, 2.24) is 9.97 Å². The van der Waals surface area contributed by atoms with Crippen LogP contribution in [0.1, 0.15) is 20.7 Å². The molecule has 0 aliphatic rings. The molecule has 2 heterocycles. The third-order valence-electron chi connectivity index (χ3n) is 8.19. The van der Waals surface area contributed by atoms with Crippen LogP contribution in [0, 0.1) is 0 Å². The van der Waals surface area contributed by atoms with Crippen molar-refractivity contribution in [2.75, 3.05) is 0 Å². The average molecular weight is 617 g/mol. The summed E-state index contributed by atoms with van der Waals surface area (Å²) in [5.74, 6) is -0.903. The molecule has 46 heavy (non-hydrogen) atoms. The molecule has 0 amide bonds. The van der Waals surface area contributed by atoms with E-state index in [2.05, 4.69) is 34.2 Å². The number of aromatic nitrogens is 2. The van der Waals surface area contributed by atoms with Crippen LogP contribution in [0.15, 0.2) is 146 Å². The maximum atomic E-state index is 11.5. The first-order chi connectivity index (χ1) is 22.5. The summed E-state index contributed by atoms with van der Waals surface area (Å²) in [6.45, 7) is 0. The van der Waals surface area contributed by atoms with Gasteiger partial charge in [-0.2, -0.15) is 0 Å². The molecule has 0 atom stereocenters. The molecule has 8 rings (SSSR count). The van der Waals surface area contributed by atoms with E-state index in [-0.39, 0.29) is 0 Å². The number of carbonyl (C=O) groups excluding carboxylic acids is 1. The number of hydrogen-bond acceptors (Lipinski definition) is 4.